The van der Waals surface area contributed by atoms with Gasteiger partial charge < -0.3 is 9.45 Å². The zero-order valence-electron chi connectivity index (χ0n) is 16.5. The Bertz CT molecular complexity index is 1110. The van der Waals surface area contributed by atoms with E-state index in [9.17, 15) is 23.1 Å². The first-order valence-electron chi connectivity index (χ1n) is 9.54. The number of aromatic nitrogens is 2. The fourth-order valence-electron chi connectivity index (χ4n) is 3.89. The van der Waals surface area contributed by atoms with Crippen LogP contribution in [0, 0.1) is 6.92 Å². The van der Waals surface area contributed by atoms with Crippen LogP contribution >= 0.6 is 0 Å². The van der Waals surface area contributed by atoms with Crippen molar-refractivity contribution in [2.45, 2.75) is 50.8 Å². The van der Waals surface area contributed by atoms with Gasteiger partial charge in [0, 0.05) is 25.1 Å². The largest absolute Gasteiger partial charge is 0.587 e. The molecule has 2 aliphatic rings. The Morgan fingerprint density at radius 2 is 2.10 bits per heavy atom. The zero-order valence-corrected chi connectivity index (χ0v) is 17.3. The molecule has 1 fully saturated rings. The number of nitrogens with zero attached hydrogens (tertiary/aromatic N) is 3. The third-order valence-corrected chi connectivity index (χ3v) is 6.77. The van der Waals surface area contributed by atoms with E-state index >= 15 is 0 Å². The molecule has 2 aromatic rings. The maximum atomic E-state index is 12.8. The van der Waals surface area contributed by atoms with Gasteiger partial charge in [0.15, 0.2) is 10.4 Å². The van der Waals surface area contributed by atoms with E-state index in [1.165, 1.54) is 17.2 Å². The van der Waals surface area contributed by atoms with Crippen LogP contribution in [0.1, 0.15) is 41.5 Å². The molecule has 3 heterocycles. The molecule has 30 heavy (non-hydrogen) atoms. The van der Waals surface area contributed by atoms with Crippen molar-refractivity contribution in [3.05, 3.63) is 41.3 Å². The van der Waals surface area contributed by atoms with Crippen molar-refractivity contribution in [2.75, 3.05) is 4.72 Å². The summed E-state index contributed by atoms with van der Waals surface area (Å²) in [4.78, 5) is 41.7. The number of sulfonamides is 1. The monoisotopic (exact) mass is 431 g/mol. The number of nitrogens with one attached hydrogen (secondary N) is 2. The number of carbonyl (C=O) groups excluding carboxylic acids is 3. The first kappa shape index (κ1) is 20.2. The Morgan fingerprint density at radius 1 is 1.33 bits per heavy atom. The van der Waals surface area contributed by atoms with E-state index in [0.717, 1.165) is 0 Å². The zero-order chi connectivity index (χ0) is 21.6. The normalized spacial score (nSPS) is 20.7. The third kappa shape index (κ3) is 3.39. The molecule has 2 unspecified atom stereocenters. The smallest absolute Gasteiger partial charge is 0.272 e. The van der Waals surface area contributed by atoms with Crippen molar-refractivity contribution in [3.63, 3.8) is 0 Å². The molecule has 2 aliphatic heterocycles. The van der Waals surface area contributed by atoms with E-state index in [1.807, 2.05) is 6.92 Å². The van der Waals surface area contributed by atoms with Crippen LogP contribution in [0.2, 0.25) is 0 Å². The van der Waals surface area contributed by atoms with E-state index in [1.54, 1.807) is 23.6 Å². The number of rotatable bonds is 5. The Kier molecular flexibility index (Phi) is 4.94. The second kappa shape index (κ2) is 7.33. The van der Waals surface area contributed by atoms with Crippen molar-refractivity contribution < 1.29 is 23.1 Å². The Balaban J connectivity index is 1.56. The van der Waals surface area contributed by atoms with Gasteiger partial charge in [-0.05, 0) is 44.0 Å². The Labute approximate surface area is 174 Å². The summed E-state index contributed by atoms with van der Waals surface area (Å²) in [5.41, 5.74) is 1.34. The number of anilines is 1. The molecular formula is C19H21N5O5S. The molecule has 158 valence electrons. The number of piperidine rings is 1. The second-order valence-electron chi connectivity index (χ2n) is 7.27. The quantitative estimate of drug-likeness (QED) is 0.535. The molecule has 2 N–H and O–H groups in total. The Hall–Kier alpha value is -3.05. The van der Waals surface area contributed by atoms with Crippen molar-refractivity contribution in [2.24, 2.45) is 0 Å². The topological polar surface area (TPSA) is 136 Å². The SMILES string of the molecule is CCn1c([S+](=O)([O-])Nc2ccc3c(c2)CN(C2CCC(=O)NC2=O)C3=O)cnc1C. The molecule has 0 radical (unpaired) electrons. The second-order valence-corrected chi connectivity index (χ2v) is 8.89. The molecule has 0 aliphatic carbocycles. The molecule has 11 heteroatoms. The number of aryl methyl sites for hydroxylation is 1. The maximum absolute atomic E-state index is 12.8. The van der Waals surface area contributed by atoms with Gasteiger partial charge in [0.2, 0.25) is 11.8 Å². The van der Waals surface area contributed by atoms with Gasteiger partial charge in [0.05, 0.1) is 5.69 Å². The number of amides is 3. The van der Waals surface area contributed by atoms with Gasteiger partial charge in [-0.15, -0.1) is 0 Å². The summed E-state index contributed by atoms with van der Waals surface area (Å²) in [5, 5.41) is 2.31. The minimum absolute atomic E-state index is 0.0595. The lowest BCUT2D eigenvalue weighted by atomic mass is 10.0. The predicted octanol–water partition coefficient (Wildman–Crippen LogP) is 0.988. The van der Waals surface area contributed by atoms with Crippen LogP contribution in [-0.4, -0.2) is 42.8 Å². The van der Waals surface area contributed by atoms with E-state index in [0.29, 0.717) is 29.2 Å². The number of imidazole rings is 1. The molecule has 1 aromatic heterocycles. The van der Waals surface area contributed by atoms with Crippen LogP contribution in [0.4, 0.5) is 5.69 Å². The van der Waals surface area contributed by atoms with Gasteiger partial charge in [0.25, 0.3) is 10.9 Å². The molecule has 1 aromatic carbocycles. The lowest BCUT2D eigenvalue weighted by molar-refractivity contribution is -0.136. The van der Waals surface area contributed by atoms with E-state index in [-0.39, 0.29) is 36.2 Å². The average Bonchev–Trinajstić information content (AvgIpc) is 3.21. The van der Waals surface area contributed by atoms with Crippen LogP contribution in [0.15, 0.2) is 29.4 Å². The summed E-state index contributed by atoms with van der Waals surface area (Å²) < 4.78 is 29.7. The minimum Gasteiger partial charge on any atom is -0.587 e. The molecule has 4 rings (SSSR count). The third-order valence-electron chi connectivity index (χ3n) is 5.39. The number of benzene rings is 1. The maximum Gasteiger partial charge on any atom is 0.272 e. The van der Waals surface area contributed by atoms with Crippen LogP contribution in [-0.2, 0) is 37.3 Å². The molecule has 3 amide bonds. The number of hydrogen-bond donors (Lipinski definition) is 2. The highest BCUT2D eigenvalue weighted by atomic mass is 32.3. The van der Waals surface area contributed by atoms with Crippen molar-refractivity contribution in [1.29, 1.82) is 0 Å². The number of imide groups is 1. The molecule has 1 saturated heterocycles. The number of hydrogen-bond acceptors (Lipinski definition) is 6. The van der Waals surface area contributed by atoms with Gasteiger partial charge in [0.1, 0.15) is 18.1 Å². The summed E-state index contributed by atoms with van der Waals surface area (Å²) in [5.74, 6) is -0.555. The standard InChI is InChI=1S/C19H21N5O5S/c1-3-23-11(2)20-9-17(23)30(28,29)22-13-4-5-14-12(8-13)10-24(19(14)27)15-6-7-16(25)21-18(15)26/h4-5,8-9,15H,3,6-7,10H2,1-2H3,(H2-,21,22,25,26,27,28,29). The summed E-state index contributed by atoms with van der Waals surface area (Å²) in [7, 11) is -3.86. The van der Waals surface area contributed by atoms with Crippen molar-refractivity contribution in [1.82, 2.24) is 19.8 Å². The fraction of sp³-hybridized carbons (Fsp3) is 0.368. The van der Waals surface area contributed by atoms with E-state index in [2.05, 4.69) is 15.0 Å². The molecule has 0 spiro atoms. The lowest BCUT2D eigenvalue weighted by Gasteiger charge is -2.29. The van der Waals surface area contributed by atoms with Crippen LogP contribution in [0.5, 0.6) is 0 Å². The Morgan fingerprint density at radius 3 is 2.80 bits per heavy atom. The van der Waals surface area contributed by atoms with Crippen molar-refractivity contribution in [3.8, 4) is 0 Å². The fourth-order valence-corrected chi connectivity index (χ4v) is 5.18. The number of fused-ring (bicyclic) bond motifs is 1. The molecule has 10 nitrogen and oxygen atoms in total. The summed E-state index contributed by atoms with van der Waals surface area (Å²) in [6, 6.07) is 3.94. The van der Waals surface area contributed by atoms with Crippen LogP contribution < -0.4 is 10.0 Å². The molecule has 2 atom stereocenters. The van der Waals surface area contributed by atoms with E-state index in [4.69, 9.17) is 0 Å². The van der Waals surface area contributed by atoms with Crippen LogP contribution in [0.3, 0.4) is 0 Å². The first-order valence-corrected chi connectivity index (χ1v) is 11.0. The molecule has 0 bridgehead atoms. The summed E-state index contributed by atoms with van der Waals surface area (Å²) in [6.07, 6.45) is 1.75. The highest BCUT2D eigenvalue weighted by Crippen LogP contribution is 2.31. The van der Waals surface area contributed by atoms with Gasteiger partial charge in [-0.25, -0.2) is 9.71 Å². The minimum atomic E-state index is -3.86. The predicted molar refractivity (Wildman–Crippen MR) is 106 cm³/mol. The van der Waals surface area contributed by atoms with Crippen LogP contribution in [0.25, 0.3) is 0 Å². The van der Waals surface area contributed by atoms with E-state index < -0.39 is 22.3 Å². The lowest BCUT2D eigenvalue weighted by Crippen LogP contribution is -2.52. The highest BCUT2D eigenvalue weighted by Gasteiger charge is 2.39. The summed E-state index contributed by atoms with van der Waals surface area (Å²) >= 11 is 0. The van der Waals surface area contributed by atoms with Gasteiger partial charge in [-0.3, -0.25) is 24.3 Å². The molecular weight excluding hydrogens is 410 g/mol. The highest BCUT2D eigenvalue weighted by molar-refractivity contribution is 7.98. The summed E-state index contributed by atoms with van der Waals surface area (Å²) in [6.45, 7) is 4.19. The number of carbonyl (C=O) groups is 3. The average molecular weight is 431 g/mol. The van der Waals surface area contributed by atoms with Crippen molar-refractivity contribution >= 4 is 33.8 Å². The van der Waals surface area contributed by atoms with Gasteiger partial charge >= 0.3 is 0 Å². The van der Waals surface area contributed by atoms with Gasteiger partial charge in [-0.1, -0.05) is 4.21 Å². The van der Waals surface area contributed by atoms with Gasteiger partial charge in [-0.2, -0.15) is 0 Å². The molecule has 0 saturated carbocycles. The first-order chi connectivity index (χ1) is 14.2.